The van der Waals surface area contributed by atoms with Gasteiger partial charge in [-0.05, 0) is 24.1 Å². The Labute approximate surface area is 130 Å². The molecule has 0 aromatic heterocycles. The molecule has 0 radical (unpaired) electrons. The molecule has 1 aliphatic rings. The Morgan fingerprint density at radius 2 is 1.87 bits per heavy atom. The molecule has 2 rings (SSSR count). The molecule has 9 nitrogen and oxygen atoms in total. The van der Waals surface area contributed by atoms with Crippen molar-refractivity contribution in [2.24, 2.45) is 0 Å². The fourth-order valence-corrected chi connectivity index (χ4v) is 2.22. The highest BCUT2D eigenvalue weighted by Gasteiger charge is 2.48. The number of ether oxygens (including phenoxy) is 2. The van der Waals surface area contributed by atoms with E-state index in [1.54, 1.807) is 6.07 Å². The molecule has 1 fully saturated rings. The Morgan fingerprint density at radius 3 is 2.43 bits per heavy atom. The van der Waals surface area contributed by atoms with Crippen LogP contribution in [0.5, 0.6) is 11.5 Å². The van der Waals surface area contributed by atoms with Crippen LogP contribution in [0.3, 0.4) is 0 Å². The number of benzene rings is 1. The Morgan fingerprint density at radius 1 is 1.17 bits per heavy atom. The summed E-state index contributed by atoms with van der Waals surface area (Å²) in [6, 6.07) is 4.24. The molecule has 1 heterocycles. The van der Waals surface area contributed by atoms with Gasteiger partial charge in [-0.2, -0.15) is 0 Å². The van der Waals surface area contributed by atoms with Gasteiger partial charge in [0.25, 0.3) is 0 Å². The van der Waals surface area contributed by atoms with Gasteiger partial charge in [-0.25, -0.2) is 4.79 Å². The first-order chi connectivity index (χ1) is 10.8. The van der Waals surface area contributed by atoms with Gasteiger partial charge in [-0.15, -0.1) is 0 Å². The summed E-state index contributed by atoms with van der Waals surface area (Å²) < 4.78 is 10.2. The van der Waals surface area contributed by atoms with E-state index in [1.165, 1.54) is 12.1 Å². The van der Waals surface area contributed by atoms with Gasteiger partial charge in [-0.3, -0.25) is 0 Å². The monoisotopic (exact) mass is 330 g/mol. The maximum absolute atomic E-state index is 11.0. The van der Waals surface area contributed by atoms with E-state index in [0.29, 0.717) is 12.0 Å². The molecular weight excluding hydrogens is 312 g/mol. The van der Waals surface area contributed by atoms with E-state index in [1.807, 2.05) is 0 Å². The van der Waals surface area contributed by atoms with Gasteiger partial charge >= 0.3 is 5.97 Å². The van der Waals surface area contributed by atoms with Crippen molar-refractivity contribution < 1.29 is 44.9 Å². The summed E-state index contributed by atoms with van der Waals surface area (Å²) in [6.07, 6.45) is -8.37. The number of carbonyl (C=O) groups is 1. The van der Waals surface area contributed by atoms with Crippen LogP contribution in [0.2, 0.25) is 0 Å². The first-order valence-corrected chi connectivity index (χ1v) is 6.87. The number of carboxylic acid groups (broad SMARTS) is 1. The third kappa shape index (κ3) is 3.71. The van der Waals surface area contributed by atoms with E-state index in [0.717, 1.165) is 0 Å². The number of carboxylic acids is 1. The lowest BCUT2D eigenvalue weighted by Gasteiger charge is -2.38. The number of rotatable bonds is 5. The predicted octanol–water partition coefficient (Wildman–Crippen LogP) is -1.80. The zero-order valence-corrected chi connectivity index (χ0v) is 11.9. The number of aliphatic carboxylic acids is 1. The number of aliphatic hydroxyl groups excluding tert-OH is 4. The van der Waals surface area contributed by atoms with Crippen LogP contribution in [0.15, 0.2) is 18.2 Å². The summed E-state index contributed by atoms with van der Waals surface area (Å²) in [4.78, 5) is 11.0. The minimum Gasteiger partial charge on any atom is -0.504 e. The van der Waals surface area contributed by atoms with Crippen LogP contribution in [0.1, 0.15) is 5.56 Å². The van der Waals surface area contributed by atoms with E-state index in [4.69, 9.17) is 19.7 Å². The minimum absolute atomic E-state index is 0.103. The molecule has 1 aromatic rings. The summed E-state index contributed by atoms with van der Waals surface area (Å²) in [5.74, 6) is -1.94. The maximum atomic E-state index is 11.0. The largest absolute Gasteiger partial charge is 0.504 e. The molecule has 9 heteroatoms. The van der Waals surface area contributed by atoms with Crippen LogP contribution < -0.4 is 4.74 Å². The molecule has 2 unspecified atom stereocenters. The van der Waals surface area contributed by atoms with Crippen LogP contribution >= 0.6 is 0 Å². The first kappa shape index (κ1) is 17.4. The Bertz CT molecular complexity index is 561. The lowest BCUT2D eigenvalue weighted by molar-refractivity contribution is -0.271. The van der Waals surface area contributed by atoms with Crippen molar-refractivity contribution in [1.29, 1.82) is 0 Å². The zero-order chi connectivity index (χ0) is 17.1. The zero-order valence-electron chi connectivity index (χ0n) is 11.9. The quantitative estimate of drug-likeness (QED) is 0.366. The van der Waals surface area contributed by atoms with Gasteiger partial charge in [-0.1, -0.05) is 6.07 Å². The molecule has 1 aromatic carbocycles. The lowest BCUT2D eigenvalue weighted by atomic mass is 9.99. The van der Waals surface area contributed by atoms with Crippen molar-refractivity contribution in [2.75, 3.05) is 6.61 Å². The van der Waals surface area contributed by atoms with E-state index in [-0.39, 0.29) is 18.1 Å². The molecular formula is C14H18O9. The Balaban J connectivity index is 2.16. The maximum Gasteiger partial charge on any atom is 0.335 e. The lowest BCUT2D eigenvalue weighted by Crippen LogP contribution is -2.61. The highest BCUT2D eigenvalue weighted by Crippen LogP contribution is 2.31. The second-order valence-electron chi connectivity index (χ2n) is 5.13. The van der Waals surface area contributed by atoms with Gasteiger partial charge < -0.3 is 40.1 Å². The smallest absolute Gasteiger partial charge is 0.335 e. The number of hydrogen-bond acceptors (Lipinski definition) is 8. The summed E-state index contributed by atoms with van der Waals surface area (Å²) in [5.41, 5.74) is 0.640. The normalized spacial score (nSPS) is 30.9. The molecule has 0 aliphatic carbocycles. The Kier molecular flexibility index (Phi) is 5.39. The van der Waals surface area contributed by atoms with E-state index in [9.17, 15) is 25.2 Å². The van der Waals surface area contributed by atoms with Crippen LogP contribution in [-0.2, 0) is 16.0 Å². The standard InChI is InChI=1S/C14H18O9/c15-4-3-6-1-2-8(7(16)5-6)22-14-11(19)9(17)10(18)12(23-14)13(20)21/h1-2,5,9-12,14-19H,3-4H2,(H,20,21)/t9-,10-,11?,12?,14+/m0/s1. The topological polar surface area (TPSA) is 157 Å². The molecule has 0 saturated carbocycles. The highest BCUT2D eigenvalue weighted by atomic mass is 16.7. The number of phenols is 1. The van der Waals surface area contributed by atoms with E-state index >= 15 is 0 Å². The predicted molar refractivity (Wildman–Crippen MR) is 73.8 cm³/mol. The van der Waals surface area contributed by atoms with E-state index < -0.39 is 36.7 Å². The van der Waals surface area contributed by atoms with Crippen molar-refractivity contribution >= 4 is 5.97 Å². The fourth-order valence-electron chi connectivity index (χ4n) is 2.22. The molecule has 0 spiro atoms. The van der Waals surface area contributed by atoms with Crippen LogP contribution in [-0.4, -0.2) is 73.9 Å². The highest BCUT2D eigenvalue weighted by molar-refractivity contribution is 5.73. The molecule has 0 amide bonds. The van der Waals surface area contributed by atoms with Gasteiger partial charge in [0.2, 0.25) is 6.29 Å². The average Bonchev–Trinajstić information content (AvgIpc) is 2.50. The van der Waals surface area contributed by atoms with Crippen molar-refractivity contribution in [1.82, 2.24) is 0 Å². The third-order valence-electron chi connectivity index (χ3n) is 3.48. The molecule has 1 aliphatic heterocycles. The van der Waals surface area contributed by atoms with Crippen LogP contribution in [0.25, 0.3) is 0 Å². The second kappa shape index (κ2) is 7.11. The number of aromatic hydroxyl groups is 1. The van der Waals surface area contributed by atoms with Crippen LogP contribution in [0.4, 0.5) is 0 Å². The van der Waals surface area contributed by atoms with Crippen LogP contribution in [0, 0.1) is 0 Å². The van der Waals surface area contributed by atoms with Crippen molar-refractivity contribution in [3.63, 3.8) is 0 Å². The summed E-state index contributed by atoms with van der Waals surface area (Å²) in [5, 5.41) is 56.7. The average molecular weight is 330 g/mol. The molecule has 23 heavy (non-hydrogen) atoms. The summed E-state index contributed by atoms with van der Waals surface area (Å²) in [7, 11) is 0. The SMILES string of the molecule is O=C(O)C1O[C@@H](Oc2ccc(CCO)cc2O)C(O)[C@@H](O)[C@@H]1O. The summed E-state index contributed by atoms with van der Waals surface area (Å²) >= 11 is 0. The van der Waals surface area contributed by atoms with Crippen molar-refractivity contribution in [3.05, 3.63) is 23.8 Å². The fraction of sp³-hybridized carbons (Fsp3) is 0.500. The van der Waals surface area contributed by atoms with Gasteiger partial charge in [0.05, 0.1) is 0 Å². The number of aliphatic hydroxyl groups is 4. The second-order valence-corrected chi connectivity index (χ2v) is 5.13. The Hall–Kier alpha value is -1.91. The molecule has 6 N–H and O–H groups in total. The van der Waals surface area contributed by atoms with Crippen molar-refractivity contribution in [3.8, 4) is 11.5 Å². The van der Waals surface area contributed by atoms with Gasteiger partial charge in [0, 0.05) is 6.61 Å². The van der Waals surface area contributed by atoms with Crippen molar-refractivity contribution in [2.45, 2.75) is 37.1 Å². The number of phenolic OH excluding ortho intramolecular Hbond substituents is 1. The molecule has 1 saturated heterocycles. The molecule has 5 atom stereocenters. The van der Waals surface area contributed by atoms with Gasteiger partial charge in [0.15, 0.2) is 17.6 Å². The minimum atomic E-state index is -1.82. The molecule has 128 valence electrons. The summed E-state index contributed by atoms with van der Waals surface area (Å²) in [6.45, 7) is -0.103. The van der Waals surface area contributed by atoms with E-state index in [2.05, 4.69) is 0 Å². The third-order valence-corrected chi connectivity index (χ3v) is 3.48. The molecule has 0 bridgehead atoms. The van der Waals surface area contributed by atoms with Gasteiger partial charge in [0.1, 0.15) is 18.3 Å². The first-order valence-electron chi connectivity index (χ1n) is 6.87. The number of hydrogen-bond donors (Lipinski definition) is 6.